The van der Waals surface area contributed by atoms with Crippen LogP contribution in [0.3, 0.4) is 0 Å². The number of nitrogens with one attached hydrogen (secondary N) is 1. The highest BCUT2D eigenvalue weighted by molar-refractivity contribution is 5.81. The molecule has 7 nitrogen and oxygen atoms in total. The van der Waals surface area contributed by atoms with Gasteiger partial charge in [0.1, 0.15) is 5.75 Å². The fourth-order valence-corrected chi connectivity index (χ4v) is 1.22. The van der Waals surface area contributed by atoms with Crippen molar-refractivity contribution in [3.63, 3.8) is 0 Å². The van der Waals surface area contributed by atoms with Crippen LogP contribution in [0.5, 0.6) is 5.75 Å². The Hall–Kier alpha value is -2.12. The molecule has 0 aromatic heterocycles. The number of benzene rings is 1. The summed E-state index contributed by atoms with van der Waals surface area (Å²) in [5.74, 6) is -1.67. The van der Waals surface area contributed by atoms with Crippen LogP contribution in [-0.2, 0) is 20.8 Å². The van der Waals surface area contributed by atoms with E-state index in [2.05, 4.69) is 4.84 Å². The van der Waals surface area contributed by atoms with E-state index in [0.29, 0.717) is 0 Å². The predicted octanol–water partition coefficient (Wildman–Crippen LogP) is -0.606. The normalized spacial score (nSPS) is 11.8. The van der Waals surface area contributed by atoms with Gasteiger partial charge in [0.25, 0.3) is 5.91 Å². The second-order valence-corrected chi connectivity index (χ2v) is 3.63. The average molecular weight is 254 g/mol. The smallest absolute Gasteiger partial charge is 0.332 e. The minimum Gasteiger partial charge on any atom is -0.508 e. The van der Waals surface area contributed by atoms with Gasteiger partial charge in [-0.15, -0.1) is 0 Å². The molecular formula is C11H14N2O5. The van der Waals surface area contributed by atoms with Gasteiger partial charge < -0.3 is 15.9 Å². The van der Waals surface area contributed by atoms with Crippen LogP contribution in [-0.4, -0.2) is 34.7 Å². The summed E-state index contributed by atoms with van der Waals surface area (Å²) in [7, 11) is 0. The van der Waals surface area contributed by atoms with E-state index in [1.807, 2.05) is 5.48 Å². The van der Waals surface area contributed by atoms with Crippen LogP contribution >= 0.6 is 0 Å². The van der Waals surface area contributed by atoms with Crippen molar-refractivity contribution < 1.29 is 24.6 Å². The molecule has 7 heteroatoms. The van der Waals surface area contributed by atoms with E-state index in [0.717, 1.165) is 5.56 Å². The summed E-state index contributed by atoms with van der Waals surface area (Å²) in [5, 5.41) is 17.4. The molecule has 18 heavy (non-hydrogen) atoms. The van der Waals surface area contributed by atoms with E-state index < -0.39 is 24.5 Å². The number of carbonyl (C=O) groups excluding carboxylic acids is 1. The van der Waals surface area contributed by atoms with Crippen molar-refractivity contribution in [2.75, 3.05) is 6.61 Å². The zero-order valence-corrected chi connectivity index (χ0v) is 9.50. The van der Waals surface area contributed by atoms with Crippen molar-refractivity contribution in [1.29, 1.82) is 0 Å². The Labute approximate surface area is 103 Å². The van der Waals surface area contributed by atoms with Gasteiger partial charge in [-0.3, -0.25) is 9.63 Å². The molecule has 0 radical (unpaired) electrons. The van der Waals surface area contributed by atoms with Crippen LogP contribution < -0.4 is 11.2 Å². The Kier molecular flexibility index (Phi) is 5.09. The van der Waals surface area contributed by atoms with Crippen LogP contribution in [0, 0.1) is 0 Å². The van der Waals surface area contributed by atoms with Gasteiger partial charge >= 0.3 is 5.97 Å². The molecule has 0 aliphatic rings. The van der Waals surface area contributed by atoms with Gasteiger partial charge in [-0.05, 0) is 24.1 Å². The van der Waals surface area contributed by atoms with Crippen molar-refractivity contribution in [3.05, 3.63) is 29.8 Å². The Morgan fingerprint density at radius 1 is 1.33 bits per heavy atom. The van der Waals surface area contributed by atoms with Crippen molar-refractivity contribution in [3.8, 4) is 5.75 Å². The van der Waals surface area contributed by atoms with Crippen molar-refractivity contribution in [2.24, 2.45) is 5.73 Å². The molecule has 1 unspecified atom stereocenters. The van der Waals surface area contributed by atoms with Gasteiger partial charge in [0, 0.05) is 0 Å². The van der Waals surface area contributed by atoms with E-state index in [9.17, 15) is 9.59 Å². The van der Waals surface area contributed by atoms with Crippen LogP contribution in [0.2, 0.25) is 0 Å². The number of hydrogen-bond donors (Lipinski definition) is 4. The standard InChI is InChI=1S/C11H14N2O5/c12-9(11(17)13-18-6-10(15)16)5-7-1-3-8(14)4-2-7/h1-4,9,14H,5-6,12H2,(H,13,17)(H,15,16). The first-order chi connectivity index (χ1) is 8.49. The number of phenols is 1. The lowest BCUT2D eigenvalue weighted by Crippen LogP contribution is -2.42. The van der Waals surface area contributed by atoms with Gasteiger partial charge in [0.2, 0.25) is 0 Å². The van der Waals surface area contributed by atoms with Crippen molar-refractivity contribution in [1.82, 2.24) is 5.48 Å². The summed E-state index contributed by atoms with van der Waals surface area (Å²) in [5.41, 5.74) is 8.33. The monoisotopic (exact) mass is 254 g/mol. The number of hydroxylamine groups is 1. The van der Waals surface area contributed by atoms with Gasteiger partial charge in [-0.1, -0.05) is 12.1 Å². The lowest BCUT2D eigenvalue weighted by Gasteiger charge is -2.11. The first-order valence-corrected chi connectivity index (χ1v) is 5.16. The average Bonchev–Trinajstić information content (AvgIpc) is 2.31. The third kappa shape index (κ3) is 4.81. The molecule has 0 spiro atoms. The lowest BCUT2D eigenvalue weighted by molar-refractivity contribution is -0.149. The maximum absolute atomic E-state index is 11.4. The number of carboxylic acids is 1. The van der Waals surface area contributed by atoms with Gasteiger partial charge in [-0.2, -0.15) is 0 Å². The van der Waals surface area contributed by atoms with Crippen LogP contribution in [0.1, 0.15) is 5.56 Å². The topological polar surface area (TPSA) is 122 Å². The summed E-state index contributed by atoms with van der Waals surface area (Å²) >= 11 is 0. The van der Waals surface area contributed by atoms with Crippen LogP contribution in [0.25, 0.3) is 0 Å². The van der Waals surface area contributed by atoms with E-state index in [1.54, 1.807) is 12.1 Å². The van der Waals surface area contributed by atoms with Crippen molar-refractivity contribution in [2.45, 2.75) is 12.5 Å². The summed E-state index contributed by atoms with van der Waals surface area (Å²) in [4.78, 5) is 26.0. The summed E-state index contributed by atoms with van der Waals surface area (Å²) in [6, 6.07) is 5.39. The van der Waals surface area contributed by atoms with Gasteiger partial charge in [0.15, 0.2) is 6.61 Å². The molecule has 1 aromatic rings. The zero-order valence-electron chi connectivity index (χ0n) is 9.50. The molecule has 0 fully saturated rings. The molecule has 0 bridgehead atoms. The SMILES string of the molecule is NC(Cc1ccc(O)cc1)C(=O)NOCC(=O)O. The fraction of sp³-hybridized carbons (Fsp3) is 0.273. The maximum atomic E-state index is 11.4. The highest BCUT2D eigenvalue weighted by atomic mass is 16.7. The van der Waals surface area contributed by atoms with Gasteiger partial charge in [-0.25, -0.2) is 10.3 Å². The third-order valence-corrected chi connectivity index (χ3v) is 2.10. The second kappa shape index (κ2) is 6.58. The number of hydrogen-bond acceptors (Lipinski definition) is 5. The molecule has 0 heterocycles. The predicted molar refractivity (Wildman–Crippen MR) is 61.5 cm³/mol. The summed E-state index contributed by atoms with van der Waals surface area (Å²) in [6.07, 6.45) is 0.253. The quantitative estimate of drug-likeness (QED) is 0.502. The fourth-order valence-electron chi connectivity index (χ4n) is 1.22. The van der Waals surface area contributed by atoms with E-state index in [1.165, 1.54) is 12.1 Å². The van der Waals surface area contributed by atoms with E-state index in [4.69, 9.17) is 15.9 Å². The minimum absolute atomic E-state index is 0.126. The Bertz CT molecular complexity index is 418. The maximum Gasteiger partial charge on any atom is 0.332 e. The number of rotatable bonds is 6. The summed E-state index contributed by atoms with van der Waals surface area (Å²) in [6.45, 7) is -0.627. The van der Waals surface area contributed by atoms with Crippen molar-refractivity contribution >= 4 is 11.9 Å². The number of nitrogens with two attached hydrogens (primary N) is 1. The van der Waals surface area contributed by atoms with Gasteiger partial charge in [0.05, 0.1) is 6.04 Å². The molecule has 0 saturated heterocycles. The number of carboxylic acid groups (broad SMARTS) is 1. The van der Waals surface area contributed by atoms with Crippen LogP contribution in [0.15, 0.2) is 24.3 Å². The Morgan fingerprint density at radius 3 is 2.50 bits per heavy atom. The molecule has 1 aromatic carbocycles. The largest absolute Gasteiger partial charge is 0.508 e. The molecule has 1 rings (SSSR count). The Balaban J connectivity index is 2.39. The molecule has 1 atom stereocenters. The summed E-state index contributed by atoms with van der Waals surface area (Å²) < 4.78 is 0. The molecule has 0 aliphatic heterocycles. The third-order valence-electron chi connectivity index (χ3n) is 2.10. The molecule has 0 saturated carbocycles. The van der Waals surface area contributed by atoms with E-state index >= 15 is 0 Å². The number of phenolic OH excluding ortho intramolecular Hbond substituents is 1. The lowest BCUT2D eigenvalue weighted by atomic mass is 10.1. The second-order valence-electron chi connectivity index (χ2n) is 3.63. The zero-order chi connectivity index (χ0) is 13.5. The molecule has 98 valence electrons. The minimum atomic E-state index is -1.19. The number of aliphatic carboxylic acids is 1. The Morgan fingerprint density at radius 2 is 1.94 bits per heavy atom. The van der Waals surface area contributed by atoms with Crippen LogP contribution in [0.4, 0.5) is 0 Å². The molecular weight excluding hydrogens is 240 g/mol. The highest BCUT2D eigenvalue weighted by Gasteiger charge is 2.14. The van der Waals surface area contributed by atoms with E-state index in [-0.39, 0.29) is 12.2 Å². The molecule has 0 aliphatic carbocycles. The number of amides is 1. The number of aromatic hydroxyl groups is 1. The molecule has 5 N–H and O–H groups in total. The molecule has 1 amide bonds. The first kappa shape index (κ1) is 13.9. The highest BCUT2D eigenvalue weighted by Crippen LogP contribution is 2.10. The number of carbonyl (C=O) groups is 2. The first-order valence-electron chi connectivity index (χ1n) is 5.16.